The van der Waals surface area contributed by atoms with Crippen LogP contribution < -0.4 is 13.8 Å². The predicted molar refractivity (Wildman–Crippen MR) is 93.5 cm³/mol. The molecule has 1 aliphatic heterocycles. The summed E-state index contributed by atoms with van der Waals surface area (Å²) in [6, 6.07) is 12.4. The third-order valence-corrected chi connectivity index (χ3v) is 6.16. The van der Waals surface area contributed by atoms with Crippen molar-refractivity contribution in [2.75, 3.05) is 25.1 Å². The van der Waals surface area contributed by atoms with E-state index in [9.17, 15) is 8.42 Å². The third-order valence-electron chi connectivity index (χ3n) is 4.38. The SMILES string of the molecule is COc1ccc(OC)c(S(=O)(=O)N2CC(C)(C)c3ccccc32)c1. The molecule has 0 bridgehead atoms. The van der Waals surface area contributed by atoms with Crippen molar-refractivity contribution in [3.63, 3.8) is 0 Å². The largest absolute Gasteiger partial charge is 0.497 e. The van der Waals surface area contributed by atoms with E-state index in [4.69, 9.17) is 9.47 Å². The lowest BCUT2D eigenvalue weighted by atomic mass is 9.87. The van der Waals surface area contributed by atoms with Gasteiger partial charge in [-0.05, 0) is 23.8 Å². The quantitative estimate of drug-likeness (QED) is 0.852. The van der Waals surface area contributed by atoms with Gasteiger partial charge < -0.3 is 9.47 Å². The Kier molecular flexibility index (Phi) is 3.95. The van der Waals surface area contributed by atoms with Crippen LogP contribution in [0.25, 0.3) is 0 Å². The number of methoxy groups -OCH3 is 2. The Labute approximate surface area is 142 Å². The second-order valence-electron chi connectivity index (χ2n) is 6.43. The van der Waals surface area contributed by atoms with Gasteiger partial charge in [-0.2, -0.15) is 0 Å². The first-order valence-corrected chi connectivity index (χ1v) is 9.09. The highest BCUT2D eigenvalue weighted by atomic mass is 32.2. The average Bonchev–Trinajstić information content (AvgIpc) is 2.87. The Morgan fingerprint density at radius 1 is 1.04 bits per heavy atom. The molecule has 0 saturated carbocycles. The lowest BCUT2D eigenvalue weighted by Gasteiger charge is -2.23. The molecule has 0 amide bonds. The van der Waals surface area contributed by atoms with E-state index in [0.717, 1.165) is 5.56 Å². The number of hydrogen-bond donors (Lipinski definition) is 0. The van der Waals surface area contributed by atoms with Crippen molar-refractivity contribution in [1.82, 2.24) is 0 Å². The molecule has 0 aromatic heterocycles. The number of rotatable bonds is 4. The summed E-state index contributed by atoms with van der Waals surface area (Å²) in [7, 11) is -0.803. The van der Waals surface area contributed by atoms with Gasteiger partial charge in [0.05, 0.1) is 19.9 Å². The van der Waals surface area contributed by atoms with Crippen LogP contribution in [0.5, 0.6) is 11.5 Å². The van der Waals surface area contributed by atoms with Gasteiger partial charge in [0.15, 0.2) is 0 Å². The second-order valence-corrected chi connectivity index (χ2v) is 8.26. The lowest BCUT2D eigenvalue weighted by molar-refractivity contribution is 0.392. The molecule has 6 heteroatoms. The van der Waals surface area contributed by atoms with E-state index in [0.29, 0.717) is 23.7 Å². The molecule has 0 saturated heterocycles. The highest BCUT2D eigenvalue weighted by Crippen LogP contribution is 2.44. The summed E-state index contributed by atoms with van der Waals surface area (Å²) in [4.78, 5) is 0.108. The molecule has 5 nitrogen and oxygen atoms in total. The molecule has 128 valence electrons. The predicted octanol–water partition coefficient (Wildman–Crippen LogP) is 3.19. The minimum atomic E-state index is -3.77. The number of anilines is 1. The molecule has 2 aromatic rings. The van der Waals surface area contributed by atoms with Crippen LogP contribution in [0, 0.1) is 0 Å². The van der Waals surface area contributed by atoms with E-state index >= 15 is 0 Å². The van der Waals surface area contributed by atoms with E-state index < -0.39 is 10.0 Å². The summed E-state index contributed by atoms with van der Waals surface area (Å²) in [6.45, 7) is 4.48. The zero-order valence-corrected chi connectivity index (χ0v) is 15.1. The molecule has 24 heavy (non-hydrogen) atoms. The zero-order chi connectivity index (χ0) is 17.5. The van der Waals surface area contributed by atoms with Gasteiger partial charge in [-0.1, -0.05) is 32.0 Å². The fraction of sp³-hybridized carbons (Fsp3) is 0.333. The maximum Gasteiger partial charge on any atom is 0.268 e. The Hall–Kier alpha value is -2.21. The van der Waals surface area contributed by atoms with Gasteiger partial charge in [0, 0.05) is 18.0 Å². The summed E-state index contributed by atoms with van der Waals surface area (Å²) >= 11 is 0. The van der Waals surface area contributed by atoms with Crippen LogP contribution in [0.1, 0.15) is 19.4 Å². The first-order valence-electron chi connectivity index (χ1n) is 7.65. The topological polar surface area (TPSA) is 55.8 Å². The highest BCUT2D eigenvalue weighted by molar-refractivity contribution is 7.93. The zero-order valence-electron chi connectivity index (χ0n) is 14.2. The van der Waals surface area contributed by atoms with Gasteiger partial charge in [0.25, 0.3) is 10.0 Å². The van der Waals surface area contributed by atoms with Gasteiger partial charge >= 0.3 is 0 Å². The Bertz CT molecular complexity index is 874. The number of hydrogen-bond acceptors (Lipinski definition) is 4. The van der Waals surface area contributed by atoms with Gasteiger partial charge in [-0.15, -0.1) is 0 Å². The number of para-hydroxylation sites is 1. The van der Waals surface area contributed by atoms with Crippen molar-refractivity contribution in [1.29, 1.82) is 0 Å². The van der Waals surface area contributed by atoms with Gasteiger partial charge in [-0.25, -0.2) is 8.42 Å². The number of fused-ring (bicyclic) bond motifs is 1. The number of nitrogens with zero attached hydrogens (tertiary/aromatic N) is 1. The van der Waals surface area contributed by atoms with Gasteiger partial charge in [0.2, 0.25) is 0 Å². The van der Waals surface area contributed by atoms with Crippen LogP contribution in [-0.2, 0) is 15.4 Å². The first kappa shape index (κ1) is 16.6. The van der Waals surface area contributed by atoms with Crippen molar-refractivity contribution in [2.24, 2.45) is 0 Å². The summed E-state index contributed by atoms with van der Waals surface area (Å²) < 4.78 is 38.6. The van der Waals surface area contributed by atoms with E-state index in [1.807, 2.05) is 38.1 Å². The molecule has 0 aliphatic carbocycles. The molecule has 0 atom stereocenters. The minimum Gasteiger partial charge on any atom is -0.497 e. The van der Waals surface area contributed by atoms with Crippen molar-refractivity contribution in [3.8, 4) is 11.5 Å². The molecule has 0 unspecified atom stereocenters. The maximum atomic E-state index is 13.3. The molecule has 1 heterocycles. The van der Waals surface area contributed by atoms with Crippen molar-refractivity contribution < 1.29 is 17.9 Å². The average molecular weight is 347 g/mol. The molecule has 3 rings (SSSR count). The normalized spacial score (nSPS) is 15.9. The Balaban J connectivity index is 2.17. The highest BCUT2D eigenvalue weighted by Gasteiger charge is 2.41. The van der Waals surface area contributed by atoms with Crippen LogP contribution in [-0.4, -0.2) is 29.2 Å². The number of benzene rings is 2. The Morgan fingerprint density at radius 2 is 1.75 bits per heavy atom. The summed E-state index contributed by atoms with van der Waals surface area (Å²) in [5.74, 6) is 0.777. The molecule has 0 N–H and O–H groups in total. The number of ether oxygens (including phenoxy) is 2. The fourth-order valence-corrected chi connectivity index (χ4v) is 4.93. The molecule has 0 fully saturated rings. The van der Waals surface area contributed by atoms with Crippen molar-refractivity contribution in [2.45, 2.75) is 24.2 Å². The van der Waals surface area contributed by atoms with Crippen molar-refractivity contribution >= 4 is 15.7 Å². The van der Waals surface area contributed by atoms with Crippen molar-refractivity contribution in [3.05, 3.63) is 48.0 Å². The van der Waals surface area contributed by atoms with Crippen LogP contribution in [0.3, 0.4) is 0 Å². The molecular formula is C18H21NO4S. The summed E-state index contributed by atoms with van der Waals surface area (Å²) in [6.07, 6.45) is 0. The summed E-state index contributed by atoms with van der Waals surface area (Å²) in [5, 5.41) is 0. The standard InChI is InChI=1S/C18H21NO4S/c1-18(2)12-19(15-8-6-5-7-14(15)18)24(20,21)17-11-13(22-3)9-10-16(17)23-4/h5-11H,12H2,1-4H3. The summed E-state index contributed by atoms with van der Waals surface area (Å²) in [5.41, 5.74) is 1.48. The minimum absolute atomic E-state index is 0.108. The molecular weight excluding hydrogens is 326 g/mol. The van der Waals surface area contributed by atoms with Crippen LogP contribution in [0.4, 0.5) is 5.69 Å². The smallest absolute Gasteiger partial charge is 0.268 e. The third kappa shape index (κ3) is 2.51. The van der Waals surface area contributed by atoms with Gasteiger partial charge in [0.1, 0.15) is 16.4 Å². The Morgan fingerprint density at radius 3 is 2.42 bits per heavy atom. The molecule has 0 spiro atoms. The van der Waals surface area contributed by atoms with E-state index in [1.54, 1.807) is 12.1 Å². The second kappa shape index (κ2) is 5.70. The van der Waals surface area contributed by atoms with Crippen LogP contribution >= 0.6 is 0 Å². The maximum absolute atomic E-state index is 13.3. The van der Waals surface area contributed by atoms with Gasteiger partial charge in [-0.3, -0.25) is 4.31 Å². The number of sulfonamides is 1. The fourth-order valence-electron chi connectivity index (χ4n) is 3.11. The van der Waals surface area contributed by atoms with E-state index in [2.05, 4.69) is 0 Å². The van der Waals surface area contributed by atoms with Crippen LogP contribution in [0.15, 0.2) is 47.4 Å². The lowest BCUT2D eigenvalue weighted by Crippen LogP contribution is -2.34. The van der Waals surface area contributed by atoms with E-state index in [-0.39, 0.29) is 10.3 Å². The van der Waals surface area contributed by atoms with Crippen LogP contribution in [0.2, 0.25) is 0 Å². The monoisotopic (exact) mass is 347 g/mol. The molecule has 2 aromatic carbocycles. The molecule has 0 radical (unpaired) electrons. The first-order chi connectivity index (χ1) is 11.3. The molecule has 1 aliphatic rings. The van der Waals surface area contributed by atoms with E-state index in [1.165, 1.54) is 24.6 Å².